The van der Waals surface area contributed by atoms with Gasteiger partial charge >= 0.3 is 0 Å². The maximum atomic E-state index is 12.5. The van der Waals surface area contributed by atoms with Crippen molar-refractivity contribution in [3.8, 4) is 0 Å². The highest BCUT2D eigenvalue weighted by atomic mass is 16.1. The van der Waals surface area contributed by atoms with Gasteiger partial charge in [0.05, 0.1) is 5.52 Å². The van der Waals surface area contributed by atoms with Gasteiger partial charge in [0.2, 0.25) is 0 Å². The van der Waals surface area contributed by atoms with Crippen LogP contribution in [0.25, 0.3) is 10.9 Å². The molecule has 2 bridgehead atoms. The molecule has 0 aliphatic carbocycles. The summed E-state index contributed by atoms with van der Waals surface area (Å²) in [5.41, 5.74) is 2.73. The van der Waals surface area contributed by atoms with Gasteiger partial charge in [-0.3, -0.25) is 9.89 Å². The number of nitrogens with zero attached hydrogens (tertiary/aromatic N) is 1. The van der Waals surface area contributed by atoms with Crippen LogP contribution in [0.4, 0.5) is 0 Å². The van der Waals surface area contributed by atoms with E-state index in [-0.39, 0.29) is 11.9 Å². The van der Waals surface area contributed by atoms with Gasteiger partial charge in [-0.2, -0.15) is 5.10 Å². The lowest BCUT2D eigenvalue weighted by Gasteiger charge is -2.21. The molecule has 0 unspecified atom stereocenters. The third-order valence-electron chi connectivity index (χ3n) is 4.87. The molecule has 21 heavy (non-hydrogen) atoms. The number of aromatic nitrogens is 2. The van der Waals surface area contributed by atoms with Crippen molar-refractivity contribution in [3.05, 3.63) is 29.5 Å². The standard InChI is InChI=1S/C16H20N4O/c1-2-12-11-7-9(3-5-13(11)20-19-12)16(21)18-15-8-10-4-6-14(15)17-10/h3,5,7,10,14-15,17H,2,4,6,8H2,1H3,(H,18,21)(H,19,20)/t10-,14+,15-/m1/s1. The van der Waals surface area contributed by atoms with E-state index < -0.39 is 0 Å². The molecule has 0 saturated carbocycles. The molecule has 2 aromatic rings. The number of hydrogen-bond acceptors (Lipinski definition) is 3. The lowest BCUT2D eigenvalue weighted by Crippen LogP contribution is -2.42. The molecule has 3 atom stereocenters. The summed E-state index contributed by atoms with van der Waals surface area (Å²) < 4.78 is 0. The van der Waals surface area contributed by atoms with E-state index in [1.807, 2.05) is 18.2 Å². The summed E-state index contributed by atoms with van der Waals surface area (Å²) in [6, 6.07) is 7.07. The fourth-order valence-corrected chi connectivity index (χ4v) is 3.71. The fourth-order valence-electron chi connectivity index (χ4n) is 3.71. The Morgan fingerprint density at radius 2 is 2.33 bits per heavy atom. The number of aromatic amines is 1. The van der Waals surface area contributed by atoms with E-state index in [1.165, 1.54) is 12.8 Å². The van der Waals surface area contributed by atoms with Crippen molar-refractivity contribution < 1.29 is 4.79 Å². The van der Waals surface area contributed by atoms with Crippen LogP contribution in [0.2, 0.25) is 0 Å². The van der Waals surface area contributed by atoms with E-state index >= 15 is 0 Å². The Bertz CT molecular complexity index is 693. The third kappa shape index (κ3) is 2.12. The maximum Gasteiger partial charge on any atom is 0.251 e. The third-order valence-corrected chi connectivity index (χ3v) is 4.87. The molecular formula is C16H20N4O. The van der Waals surface area contributed by atoms with Gasteiger partial charge in [0.15, 0.2) is 0 Å². The number of carbonyl (C=O) groups is 1. The van der Waals surface area contributed by atoms with E-state index in [9.17, 15) is 4.79 Å². The summed E-state index contributed by atoms with van der Waals surface area (Å²) in [5, 5.41) is 15.1. The molecule has 2 aliphatic rings. The van der Waals surface area contributed by atoms with Crippen molar-refractivity contribution in [1.82, 2.24) is 20.8 Å². The molecule has 2 saturated heterocycles. The predicted molar refractivity (Wildman–Crippen MR) is 81.3 cm³/mol. The zero-order chi connectivity index (χ0) is 14.4. The molecule has 1 aromatic heterocycles. The van der Waals surface area contributed by atoms with Crippen LogP contribution in [0.3, 0.4) is 0 Å². The van der Waals surface area contributed by atoms with Gasteiger partial charge in [-0.15, -0.1) is 0 Å². The van der Waals surface area contributed by atoms with Gasteiger partial charge in [-0.1, -0.05) is 6.92 Å². The van der Waals surface area contributed by atoms with Gasteiger partial charge < -0.3 is 10.6 Å². The average molecular weight is 284 g/mol. The van der Waals surface area contributed by atoms with E-state index in [1.54, 1.807) is 0 Å². The van der Waals surface area contributed by atoms with Crippen LogP contribution in [0.15, 0.2) is 18.2 Å². The summed E-state index contributed by atoms with van der Waals surface area (Å²) in [6.45, 7) is 2.08. The highest BCUT2D eigenvalue weighted by Crippen LogP contribution is 2.28. The number of nitrogens with one attached hydrogen (secondary N) is 3. The quantitative estimate of drug-likeness (QED) is 0.804. The number of carbonyl (C=O) groups excluding carboxylic acids is 1. The van der Waals surface area contributed by atoms with E-state index in [2.05, 4.69) is 27.8 Å². The van der Waals surface area contributed by atoms with Crippen LogP contribution < -0.4 is 10.6 Å². The van der Waals surface area contributed by atoms with Crippen LogP contribution in [0, 0.1) is 0 Å². The smallest absolute Gasteiger partial charge is 0.251 e. The minimum absolute atomic E-state index is 0.0273. The van der Waals surface area contributed by atoms with Crippen LogP contribution in [-0.2, 0) is 6.42 Å². The second-order valence-corrected chi connectivity index (χ2v) is 6.15. The first-order valence-electron chi connectivity index (χ1n) is 7.78. The van der Waals surface area contributed by atoms with Crippen molar-refractivity contribution in [2.45, 2.75) is 50.7 Å². The molecule has 2 aliphatic heterocycles. The van der Waals surface area contributed by atoms with E-state index in [4.69, 9.17) is 0 Å². The first-order valence-corrected chi connectivity index (χ1v) is 7.78. The lowest BCUT2D eigenvalue weighted by molar-refractivity contribution is 0.0931. The molecule has 2 fully saturated rings. The number of hydrogen-bond donors (Lipinski definition) is 3. The number of H-pyrrole nitrogens is 1. The average Bonchev–Trinajstić information content (AvgIpc) is 3.21. The normalized spacial score (nSPS) is 27.4. The van der Waals surface area contributed by atoms with Gasteiger partial charge in [0.25, 0.3) is 5.91 Å². The Morgan fingerprint density at radius 1 is 1.43 bits per heavy atom. The molecule has 5 heteroatoms. The maximum absolute atomic E-state index is 12.5. The van der Waals surface area contributed by atoms with Crippen molar-refractivity contribution in [1.29, 1.82) is 0 Å². The first-order chi connectivity index (χ1) is 10.2. The van der Waals surface area contributed by atoms with E-state index in [0.29, 0.717) is 12.1 Å². The van der Waals surface area contributed by atoms with Gasteiger partial charge in [-0.25, -0.2) is 0 Å². The van der Waals surface area contributed by atoms with Crippen LogP contribution in [0.1, 0.15) is 42.2 Å². The zero-order valence-electron chi connectivity index (χ0n) is 12.1. The first kappa shape index (κ1) is 12.8. The number of amides is 1. The number of rotatable bonds is 3. The summed E-state index contributed by atoms with van der Waals surface area (Å²) in [5.74, 6) is 0.0273. The number of fused-ring (bicyclic) bond motifs is 3. The minimum Gasteiger partial charge on any atom is -0.348 e. The van der Waals surface area contributed by atoms with Crippen LogP contribution in [-0.4, -0.2) is 34.2 Å². The molecule has 1 amide bonds. The number of benzene rings is 1. The van der Waals surface area contributed by atoms with Crippen molar-refractivity contribution in [2.75, 3.05) is 0 Å². The largest absolute Gasteiger partial charge is 0.348 e. The molecule has 1 aromatic carbocycles. The van der Waals surface area contributed by atoms with Gasteiger partial charge in [0, 0.05) is 34.8 Å². The van der Waals surface area contributed by atoms with E-state index in [0.717, 1.165) is 35.0 Å². The summed E-state index contributed by atoms with van der Waals surface area (Å²) in [6.07, 6.45) is 4.37. The zero-order valence-corrected chi connectivity index (χ0v) is 12.1. The topological polar surface area (TPSA) is 69.8 Å². The summed E-state index contributed by atoms with van der Waals surface area (Å²) >= 11 is 0. The monoisotopic (exact) mass is 284 g/mol. The Balaban J connectivity index is 1.56. The van der Waals surface area contributed by atoms with Crippen molar-refractivity contribution >= 4 is 16.8 Å². The van der Waals surface area contributed by atoms with Crippen LogP contribution in [0.5, 0.6) is 0 Å². The summed E-state index contributed by atoms with van der Waals surface area (Å²) in [7, 11) is 0. The highest BCUT2D eigenvalue weighted by Gasteiger charge is 2.39. The Morgan fingerprint density at radius 3 is 3.05 bits per heavy atom. The molecule has 5 nitrogen and oxygen atoms in total. The number of aryl methyl sites for hydroxylation is 1. The lowest BCUT2D eigenvalue weighted by atomic mass is 9.95. The molecular weight excluding hydrogens is 264 g/mol. The molecule has 0 spiro atoms. The Labute approximate surface area is 123 Å². The SMILES string of the molecule is CCc1[nH]nc2ccc(C(=O)N[C@@H]3C[C@H]4CC[C@@H]3N4)cc12. The molecule has 0 radical (unpaired) electrons. The minimum atomic E-state index is 0.0273. The molecule has 110 valence electrons. The molecule has 3 heterocycles. The second-order valence-electron chi connectivity index (χ2n) is 6.15. The molecule has 3 N–H and O–H groups in total. The van der Waals surface area contributed by atoms with Crippen molar-refractivity contribution in [2.24, 2.45) is 0 Å². The fraction of sp³-hybridized carbons (Fsp3) is 0.500. The second kappa shape index (κ2) is 4.84. The Hall–Kier alpha value is -1.88. The van der Waals surface area contributed by atoms with Crippen molar-refractivity contribution in [3.63, 3.8) is 0 Å². The Kier molecular flexibility index (Phi) is 2.96. The molecule has 4 rings (SSSR count). The van der Waals surface area contributed by atoms with Gasteiger partial charge in [-0.05, 0) is 43.9 Å². The van der Waals surface area contributed by atoms with Gasteiger partial charge in [0.1, 0.15) is 0 Å². The predicted octanol–water partition coefficient (Wildman–Crippen LogP) is 1.75. The van der Waals surface area contributed by atoms with Crippen LogP contribution >= 0.6 is 0 Å². The summed E-state index contributed by atoms with van der Waals surface area (Å²) in [4.78, 5) is 12.5. The highest BCUT2D eigenvalue weighted by molar-refractivity contribution is 5.98.